The Balaban J connectivity index is 2.09. The second-order valence-electron chi connectivity index (χ2n) is 4.53. The Morgan fingerprint density at radius 3 is 2.85 bits per heavy atom. The number of carboxylic acids is 1. The van der Waals surface area contributed by atoms with Crippen molar-refractivity contribution >= 4 is 5.97 Å². The first-order valence-electron chi connectivity index (χ1n) is 6.40. The number of nitrogens with zero attached hydrogens (tertiary/aromatic N) is 3. The maximum Gasteiger partial charge on any atom is 0.357 e. The van der Waals surface area contributed by atoms with Crippen LogP contribution in [0, 0.1) is 0 Å². The Morgan fingerprint density at radius 2 is 2.30 bits per heavy atom. The van der Waals surface area contributed by atoms with Crippen molar-refractivity contribution in [1.82, 2.24) is 14.9 Å². The van der Waals surface area contributed by atoms with Gasteiger partial charge in [-0.25, -0.2) is 9.78 Å². The third-order valence-corrected chi connectivity index (χ3v) is 3.10. The third kappa shape index (κ3) is 3.21. The molecule has 0 aliphatic carbocycles. The molecule has 0 aliphatic rings. The third-order valence-electron chi connectivity index (χ3n) is 3.10. The minimum Gasteiger partial charge on any atom is -0.476 e. The van der Waals surface area contributed by atoms with E-state index >= 15 is 0 Å². The molecule has 0 saturated carbocycles. The Morgan fingerprint density at radius 1 is 1.50 bits per heavy atom. The number of oxazole rings is 1. The van der Waals surface area contributed by atoms with Crippen LogP contribution in [0.4, 0.5) is 0 Å². The summed E-state index contributed by atoms with van der Waals surface area (Å²) in [7, 11) is 1.94. The van der Waals surface area contributed by atoms with E-state index in [1.807, 2.05) is 30.1 Å². The van der Waals surface area contributed by atoms with E-state index in [1.54, 1.807) is 6.20 Å². The Labute approximate surface area is 117 Å². The Bertz CT molecular complexity index is 568. The van der Waals surface area contributed by atoms with Gasteiger partial charge in [0.2, 0.25) is 5.89 Å². The summed E-state index contributed by atoms with van der Waals surface area (Å²) >= 11 is 0. The van der Waals surface area contributed by atoms with Crippen LogP contribution in [-0.4, -0.2) is 33.0 Å². The topological polar surface area (TPSA) is 79.5 Å². The molecule has 0 aliphatic heterocycles. The number of aromatic carboxylic acids is 1. The smallest absolute Gasteiger partial charge is 0.357 e. The highest BCUT2D eigenvalue weighted by atomic mass is 16.4. The van der Waals surface area contributed by atoms with Gasteiger partial charge in [-0.05, 0) is 25.6 Å². The van der Waals surface area contributed by atoms with Crippen molar-refractivity contribution in [2.45, 2.75) is 25.9 Å². The molecular weight excluding hydrogens is 258 g/mol. The van der Waals surface area contributed by atoms with Crippen molar-refractivity contribution in [2.75, 3.05) is 7.05 Å². The summed E-state index contributed by atoms with van der Waals surface area (Å²) in [6, 6.07) is 5.94. The van der Waals surface area contributed by atoms with Gasteiger partial charge in [-0.15, -0.1) is 0 Å². The highest BCUT2D eigenvalue weighted by Gasteiger charge is 2.19. The molecule has 20 heavy (non-hydrogen) atoms. The lowest BCUT2D eigenvalue weighted by Crippen LogP contribution is -2.24. The lowest BCUT2D eigenvalue weighted by atomic mass is 10.1. The Hall–Kier alpha value is -2.21. The molecular formula is C14H17N3O3. The quantitative estimate of drug-likeness (QED) is 0.871. The molecule has 0 radical (unpaired) electrons. The van der Waals surface area contributed by atoms with E-state index in [1.165, 1.54) is 0 Å². The second-order valence-corrected chi connectivity index (χ2v) is 4.53. The molecule has 0 saturated heterocycles. The van der Waals surface area contributed by atoms with Crippen LogP contribution in [0.3, 0.4) is 0 Å². The van der Waals surface area contributed by atoms with E-state index in [-0.39, 0.29) is 11.7 Å². The average Bonchev–Trinajstić information content (AvgIpc) is 2.89. The predicted molar refractivity (Wildman–Crippen MR) is 72.2 cm³/mol. The standard InChI is InChI=1S/C14H17N3O3/c1-3-12(10-6-4-5-7-15-10)17(2)8-13-16-11(9-20-13)14(18)19/h4-7,9,12H,3,8H2,1-2H3,(H,18,19). The average molecular weight is 275 g/mol. The molecule has 2 aromatic rings. The summed E-state index contributed by atoms with van der Waals surface area (Å²) in [6.07, 6.45) is 3.81. The summed E-state index contributed by atoms with van der Waals surface area (Å²) in [6.45, 7) is 2.51. The van der Waals surface area contributed by atoms with E-state index < -0.39 is 5.97 Å². The van der Waals surface area contributed by atoms with E-state index in [0.29, 0.717) is 12.4 Å². The van der Waals surface area contributed by atoms with Crippen molar-refractivity contribution in [3.05, 3.63) is 47.9 Å². The van der Waals surface area contributed by atoms with E-state index in [4.69, 9.17) is 9.52 Å². The SMILES string of the molecule is CCC(c1ccccn1)N(C)Cc1nc(C(=O)O)co1. The fraction of sp³-hybridized carbons (Fsp3) is 0.357. The minimum absolute atomic E-state index is 0.0701. The lowest BCUT2D eigenvalue weighted by Gasteiger charge is -2.25. The summed E-state index contributed by atoms with van der Waals surface area (Å²) < 4.78 is 5.17. The van der Waals surface area contributed by atoms with Gasteiger partial charge in [-0.1, -0.05) is 13.0 Å². The van der Waals surface area contributed by atoms with Gasteiger partial charge in [0.05, 0.1) is 18.3 Å². The van der Waals surface area contributed by atoms with Crippen LogP contribution < -0.4 is 0 Å². The lowest BCUT2D eigenvalue weighted by molar-refractivity contribution is 0.0690. The van der Waals surface area contributed by atoms with Crippen molar-refractivity contribution in [3.8, 4) is 0 Å². The number of carbonyl (C=O) groups is 1. The molecule has 1 N–H and O–H groups in total. The van der Waals surface area contributed by atoms with Crippen molar-refractivity contribution < 1.29 is 14.3 Å². The number of carboxylic acid groups (broad SMARTS) is 1. The molecule has 0 aromatic carbocycles. The van der Waals surface area contributed by atoms with Crippen molar-refractivity contribution in [1.29, 1.82) is 0 Å². The van der Waals surface area contributed by atoms with Crippen LogP contribution >= 0.6 is 0 Å². The molecule has 106 valence electrons. The van der Waals surface area contributed by atoms with Gasteiger partial charge in [0.15, 0.2) is 5.69 Å². The summed E-state index contributed by atoms with van der Waals surface area (Å²) in [5.74, 6) is -0.696. The number of pyridine rings is 1. The van der Waals surface area contributed by atoms with E-state index in [9.17, 15) is 4.79 Å². The number of hydrogen-bond acceptors (Lipinski definition) is 5. The second kappa shape index (κ2) is 6.29. The fourth-order valence-electron chi connectivity index (χ4n) is 2.12. The van der Waals surface area contributed by atoms with Crippen LogP contribution in [0.5, 0.6) is 0 Å². The largest absolute Gasteiger partial charge is 0.476 e. The van der Waals surface area contributed by atoms with Crippen molar-refractivity contribution in [3.63, 3.8) is 0 Å². The molecule has 2 aromatic heterocycles. The highest BCUT2D eigenvalue weighted by molar-refractivity contribution is 5.84. The van der Waals surface area contributed by atoms with Gasteiger partial charge >= 0.3 is 5.97 Å². The molecule has 1 atom stereocenters. The molecule has 2 rings (SSSR count). The van der Waals surface area contributed by atoms with Gasteiger partial charge < -0.3 is 9.52 Å². The first-order valence-corrected chi connectivity index (χ1v) is 6.40. The van der Waals surface area contributed by atoms with E-state index in [0.717, 1.165) is 18.4 Å². The molecule has 1 unspecified atom stereocenters. The van der Waals surface area contributed by atoms with Crippen LogP contribution in [0.25, 0.3) is 0 Å². The van der Waals surface area contributed by atoms with Gasteiger partial charge in [-0.3, -0.25) is 9.88 Å². The maximum atomic E-state index is 10.8. The molecule has 0 fully saturated rings. The zero-order valence-corrected chi connectivity index (χ0v) is 11.5. The van der Waals surface area contributed by atoms with Crippen LogP contribution in [0.2, 0.25) is 0 Å². The first-order chi connectivity index (χ1) is 9.61. The van der Waals surface area contributed by atoms with E-state index in [2.05, 4.69) is 16.9 Å². The predicted octanol–water partition coefficient (Wildman–Crippen LogP) is 2.35. The maximum absolute atomic E-state index is 10.8. The zero-order chi connectivity index (χ0) is 14.5. The Kier molecular flexibility index (Phi) is 4.47. The molecule has 2 heterocycles. The molecule has 6 nitrogen and oxygen atoms in total. The zero-order valence-electron chi connectivity index (χ0n) is 11.5. The number of hydrogen-bond donors (Lipinski definition) is 1. The minimum atomic E-state index is -1.08. The summed E-state index contributed by atoms with van der Waals surface area (Å²) in [4.78, 5) is 21.1. The first kappa shape index (κ1) is 14.2. The summed E-state index contributed by atoms with van der Waals surface area (Å²) in [5.41, 5.74) is 0.904. The highest BCUT2D eigenvalue weighted by Crippen LogP contribution is 2.22. The van der Waals surface area contributed by atoms with Gasteiger partial charge in [0, 0.05) is 6.20 Å². The van der Waals surface area contributed by atoms with Crippen LogP contribution in [-0.2, 0) is 6.54 Å². The monoisotopic (exact) mass is 275 g/mol. The van der Waals surface area contributed by atoms with Crippen LogP contribution in [0.1, 0.15) is 41.5 Å². The van der Waals surface area contributed by atoms with Crippen LogP contribution in [0.15, 0.2) is 35.1 Å². The molecule has 0 spiro atoms. The number of rotatable bonds is 6. The van der Waals surface area contributed by atoms with Gasteiger partial charge in [-0.2, -0.15) is 0 Å². The van der Waals surface area contributed by atoms with Gasteiger partial charge in [0.1, 0.15) is 6.26 Å². The molecule has 0 bridgehead atoms. The normalized spacial score (nSPS) is 12.6. The molecule has 6 heteroatoms. The summed E-state index contributed by atoms with van der Waals surface area (Å²) in [5, 5.41) is 8.82. The van der Waals surface area contributed by atoms with Crippen molar-refractivity contribution in [2.24, 2.45) is 0 Å². The number of aromatic nitrogens is 2. The molecule has 0 amide bonds. The fourth-order valence-corrected chi connectivity index (χ4v) is 2.12. The van der Waals surface area contributed by atoms with Gasteiger partial charge in [0.25, 0.3) is 0 Å².